The van der Waals surface area contributed by atoms with Crippen LogP contribution in [0.3, 0.4) is 0 Å². The van der Waals surface area contributed by atoms with Gasteiger partial charge in [-0.05, 0) is 25.8 Å². The van der Waals surface area contributed by atoms with Gasteiger partial charge in [0.1, 0.15) is 0 Å². The fraction of sp³-hybridized carbons (Fsp3) is 1.00. The van der Waals surface area contributed by atoms with Gasteiger partial charge < -0.3 is 10.6 Å². The molecular weight excluding hydrogens is 252 g/mol. The van der Waals surface area contributed by atoms with Crippen molar-refractivity contribution in [2.24, 2.45) is 5.73 Å². The Bertz CT molecular complexity index is 354. The molecule has 106 valence electrons. The Balaban J connectivity index is 1.96. The first-order valence-corrected chi connectivity index (χ1v) is 8.22. The molecule has 2 aliphatic heterocycles. The maximum atomic E-state index is 12.4. The first kappa shape index (κ1) is 14.2. The summed E-state index contributed by atoms with van der Waals surface area (Å²) < 4.78 is 28.1. The lowest BCUT2D eigenvalue weighted by atomic mass is 10.4. The van der Waals surface area contributed by atoms with Gasteiger partial charge in [-0.3, -0.25) is 0 Å². The third-order valence-corrected chi connectivity index (χ3v) is 5.75. The third kappa shape index (κ3) is 3.21. The van der Waals surface area contributed by atoms with Crippen LogP contribution in [0.25, 0.3) is 0 Å². The van der Waals surface area contributed by atoms with Gasteiger partial charge in [0.15, 0.2) is 0 Å². The number of nitrogens with zero attached hydrogens (tertiary/aromatic N) is 3. The number of rotatable bonds is 4. The van der Waals surface area contributed by atoms with Crippen molar-refractivity contribution in [3.8, 4) is 0 Å². The second kappa shape index (κ2) is 6.29. The predicted octanol–water partition coefficient (Wildman–Crippen LogP) is -0.707. The topological polar surface area (TPSA) is 69.9 Å². The minimum atomic E-state index is -3.21. The Hall–Kier alpha value is -0.210. The molecule has 2 aliphatic rings. The summed E-state index contributed by atoms with van der Waals surface area (Å²) in [5.74, 6) is 0. The summed E-state index contributed by atoms with van der Waals surface area (Å²) in [6.45, 7) is 5.85. The van der Waals surface area contributed by atoms with E-state index in [0.29, 0.717) is 32.7 Å². The summed E-state index contributed by atoms with van der Waals surface area (Å²) >= 11 is 0. The molecule has 0 aromatic rings. The van der Waals surface area contributed by atoms with Crippen molar-refractivity contribution >= 4 is 10.2 Å². The second-order valence-corrected chi connectivity index (χ2v) is 6.93. The molecule has 0 spiro atoms. The standard InChI is InChI=1S/C11H24N4O2S/c12-4-9-13-5-3-8-15(11-10-13)18(16,17)14-6-1-2-7-14/h1-12H2. The fourth-order valence-electron chi connectivity index (χ4n) is 2.67. The minimum Gasteiger partial charge on any atom is -0.329 e. The van der Waals surface area contributed by atoms with Crippen molar-refractivity contribution in [1.82, 2.24) is 13.5 Å². The Labute approximate surface area is 110 Å². The SMILES string of the molecule is NCCN1CCCN(S(=O)(=O)N2CCCC2)CC1. The highest BCUT2D eigenvalue weighted by Gasteiger charge is 2.32. The molecule has 7 heteroatoms. The molecule has 0 unspecified atom stereocenters. The van der Waals surface area contributed by atoms with Crippen molar-refractivity contribution in [2.75, 3.05) is 52.4 Å². The van der Waals surface area contributed by atoms with Crippen molar-refractivity contribution in [3.63, 3.8) is 0 Å². The van der Waals surface area contributed by atoms with E-state index in [1.165, 1.54) is 0 Å². The van der Waals surface area contributed by atoms with Crippen LogP contribution in [-0.2, 0) is 10.2 Å². The molecule has 0 atom stereocenters. The zero-order chi connectivity index (χ0) is 13.0. The Morgan fingerprint density at radius 1 is 0.833 bits per heavy atom. The second-order valence-electron chi connectivity index (χ2n) is 5.00. The van der Waals surface area contributed by atoms with E-state index < -0.39 is 10.2 Å². The molecule has 18 heavy (non-hydrogen) atoms. The number of nitrogens with two attached hydrogens (primary N) is 1. The van der Waals surface area contributed by atoms with Gasteiger partial charge >= 0.3 is 0 Å². The molecule has 6 nitrogen and oxygen atoms in total. The highest BCUT2D eigenvalue weighted by molar-refractivity contribution is 7.86. The molecule has 2 saturated heterocycles. The van der Waals surface area contributed by atoms with Gasteiger partial charge in [0, 0.05) is 45.8 Å². The Morgan fingerprint density at radius 3 is 2.11 bits per heavy atom. The summed E-state index contributed by atoms with van der Waals surface area (Å²) in [7, 11) is -3.21. The average Bonchev–Trinajstić information content (AvgIpc) is 2.78. The molecule has 0 radical (unpaired) electrons. The molecule has 0 bridgehead atoms. The minimum absolute atomic E-state index is 0.596. The van der Waals surface area contributed by atoms with E-state index in [4.69, 9.17) is 5.73 Å². The molecule has 2 rings (SSSR count). The summed E-state index contributed by atoms with van der Waals surface area (Å²) in [5, 5.41) is 0. The van der Waals surface area contributed by atoms with E-state index in [9.17, 15) is 8.42 Å². The molecule has 2 N–H and O–H groups in total. The highest BCUT2D eigenvalue weighted by atomic mass is 32.2. The van der Waals surface area contributed by atoms with Crippen LogP contribution in [-0.4, -0.2) is 74.3 Å². The van der Waals surface area contributed by atoms with Crippen LogP contribution in [0.1, 0.15) is 19.3 Å². The average molecular weight is 276 g/mol. The summed E-state index contributed by atoms with van der Waals surface area (Å²) in [4.78, 5) is 2.25. The van der Waals surface area contributed by atoms with E-state index >= 15 is 0 Å². The smallest absolute Gasteiger partial charge is 0.282 e. The van der Waals surface area contributed by atoms with Crippen molar-refractivity contribution in [3.05, 3.63) is 0 Å². The van der Waals surface area contributed by atoms with E-state index in [2.05, 4.69) is 4.90 Å². The van der Waals surface area contributed by atoms with Crippen molar-refractivity contribution < 1.29 is 8.42 Å². The number of hydrogen-bond donors (Lipinski definition) is 1. The molecule has 2 fully saturated rings. The zero-order valence-electron chi connectivity index (χ0n) is 10.9. The quantitative estimate of drug-likeness (QED) is 0.737. The van der Waals surface area contributed by atoms with Crippen LogP contribution in [0, 0.1) is 0 Å². The van der Waals surface area contributed by atoms with Gasteiger partial charge in [-0.15, -0.1) is 0 Å². The van der Waals surface area contributed by atoms with Gasteiger partial charge in [0.25, 0.3) is 10.2 Å². The first-order valence-electron chi connectivity index (χ1n) is 6.82. The number of hydrogen-bond acceptors (Lipinski definition) is 4. The Kier molecular flexibility index (Phi) is 4.97. The largest absolute Gasteiger partial charge is 0.329 e. The molecule has 0 aromatic carbocycles. The highest BCUT2D eigenvalue weighted by Crippen LogP contribution is 2.18. The van der Waals surface area contributed by atoms with Gasteiger partial charge in [-0.2, -0.15) is 17.0 Å². The van der Waals surface area contributed by atoms with Gasteiger partial charge in [0.2, 0.25) is 0 Å². The van der Waals surface area contributed by atoms with Crippen molar-refractivity contribution in [1.29, 1.82) is 0 Å². The van der Waals surface area contributed by atoms with Gasteiger partial charge in [-0.1, -0.05) is 0 Å². The monoisotopic (exact) mass is 276 g/mol. The normalized spacial score (nSPS) is 25.4. The van der Waals surface area contributed by atoms with E-state index in [-0.39, 0.29) is 0 Å². The predicted molar refractivity (Wildman–Crippen MR) is 71.4 cm³/mol. The zero-order valence-corrected chi connectivity index (χ0v) is 11.7. The van der Waals surface area contributed by atoms with Crippen LogP contribution < -0.4 is 5.73 Å². The fourth-order valence-corrected chi connectivity index (χ4v) is 4.38. The molecule has 2 heterocycles. The summed E-state index contributed by atoms with van der Waals surface area (Å²) in [6.07, 6.45) is 2.88. The van der Waals surface area contributed by atoms with Gasteiger partial charge in [0.05, 0.1) is 0 Å². The van der Waals surface area contributed by atoms with Crippen LogP contribution in [0.15, 0.2) is 0 Å². The summed E-state index contributed by atoms with van der Waals surface area (Å²) in [5.41, 5.74) is 5.55. The molecule has 0 saturated carbocycles. The lowest BCUT2D eigenvalue weighted by molar-refractivity contribution is 0.291. The lowest BCUT2D eigenvalue weighted by Gasteiger charge is -2.26. The van der Waals surface area contributed by atoms with Crippen molar-refractivity contribution in [2.45, 2.75) is 19.3 Å². The van der Waals surface area contributed by atoms with E-state index in [1.807, 2.05) is 0 Å². The van der Waals surface area contributed by atoms with E-state index in [1.54, 1.807) is 8.61 Å². The van der Waals surface area contributed by atoms with E-state index in [0.717, 1.165) is 38.9 Å². The first-order chi connectivity index (χ1) is 8.64. The molecule has 0 amide bonds. The molecule has 0 aliphatic carbocycles. The summed E-state index contributed by atoms with van der Waals surface area (Å²) in [6, 6.07) is 0. The maximum Gasteiger partial charge on any atom is 0.282 e. The molecule has 0 aromatic heterocycles. The molecular formula is C11H24N4O2S. The van der Waals surface area contributed by atoms with Crippen LogP contribution in [0.4, 0.5) is 0 Å². The van der Waals surface area contributed by atoms with Gasteiger partial charge in [-0.25, -0.2) is 0 Å². The van der Waals surface area contributed by atoms with Crippen LogP contribution >= 0.6 is 0 Å². The lowest BCUT2D eigenvalue weighted by Crippen LogP contribution is -2.44. The van der Waals surface area contributed by atoms with Crippen LogP contribution in [0.2, 0.25) is 0 Å². The maximum absolute atomic E-state index is 12.4. The van der Waals surface area contributed by atoms with Crippen LogP contribution in [0.5, 0.6) is 0 Å². The third-order valence-electron chi connectivity index (χ3n) is 3.71. The Morgan fingerprint density at radius 2 is 1.44 bits per heavy atom.